The molecule has 0 bridgehead atoms. The van der Waals surface area contributed by atoms with Gasteiger partial charge < -0.3 is 5.32 Å². The summed E-state index contributed by atoms with van der Waals surface area (Å²) in [6, 6.07) is 0. The van der Waals surface area contributed by atoms with E-state index in [4.69, 9.17) is 0 Å². The minimum atomic E-state index is -3.03. The van der Waals surface area contributed by atoms with Gasteiger partial charge in [-0.15, -0.1) is 6.58 Å². The molecule has 0 unspecified atom stereocenters. The first kappa shape index (κ1) is 14.9. The predicted octanol–water partition coefficient (Wildman–Crippen LogP) is 0.648. The second-order valence-electron chi connectivity index (χ2n) is 3.70. The Morgan fingerprint density at radius 2 is 2.28 bits per heavy atom. The first-order chi connectivity index (χ1) is 8.35. The molecule has 0 aliphatic heterocycles. The van der Waals surface area contributed by atoms with E-state index in [0.717, 1.165) is 6.26 Å². The quantitative estimate of drug-likeness (QED) is 0.772. The Balaban J connectivity index is 2.83. The van der Waals surface area contributed by atoms with Crippen LogP contribution in [0.1, 0.15) is 0 Å². The van der Waals surface area contributed by atoms with Crippen LogP contribution in [0.4, 0.5) is 5.69 Å². The summed E-state index contributed by atoms with van der Waals surface area (Å²) in [7, 11) is -3.03. The molecule has 1 N–H and O–H groups in total. The lowest BCUT2D eigenvalue weighted by atomic mass is 10.4. The van der Waals surface area contributed by atoms with Crippen molar-refractivity contribution < 1.29 is 8.42 Å². The third-order valence-corrected chi connectivity index (χ3v) is 3.79. The zero-order valence-electron chi connectivity index (χ0n) is 9.89. The van der Waals surface area contributed by atoms with Crippen LogP contribution in [0, 0.1) is 0 Å². The Labute approximate surface area is 114 Å². The Hall–Kier alpha value is -1.15. The third kappa shape index (κ3) is 4.26. The first-order valence-corrected chi connectivity index (χ1v) is 7.98. The van der Waals surface area contributed by atoms with Gasteiger partial charge in [0.1, 0.15) is 14.3 Å². The number of allylic oxidation sites excluding steroid dienone is 1. The lowest BCUT2D eigenvalue weighted by Gasteiger charge is -2.08. The van der Waals surface area contributed by atoms with Gasteiger partial charge in [-0.25, -0.2) is 13.1 Å². The van der Waals surface area contributed by atoms with E-state index in [1.807, 2.05) is 0 Å². The maximum atomic E-state index is 11.8. The minimum absolute atomic E-state index is 0.00478. The van der Waals surface area contributed by atoms with Crippen LogP contribution in [-0.2, 0) is 16.4 Å². The molecular formula is C10H14BrN3O3S. The van der Waals surface area contributed by atoms with E-state index in [0.29, 0.717) is 16.7 Å². The van der Waals surface area contributed by atoms with Crippen molar-refractivity contribution in [1.29, 1.82) is 0 Å². The fourth-order valence-electron chi connectivity index (χ4n) is 1.21. The van der Waals surface area contributed by atoms with Crippen molar-refractivity contribution in [2.24, 2.45) is 0 Å². The average molecular weight is 336 g/mol. The van der Waals surface area contributed by atoms with Gasteiger partial charge in [0.15, 0.2) is 0 Å². The van der Waals surface area contributed by atoms with Gasteiger partial charge in [-0.3, -0.25) is 4.79 Å². The molecule has 0 aliphatic rings. The molecule has 0 spiro atoms. The number of hydrogen-bond donors (Lipinski definition) is 1. The van der Waals surface area contributed by atoms with Crippen LogP contribution in [0.2, 0.25) is 0 Å². The maximum Gasteiger partial charge on any atom is 0.283 e. The van der Waals surface area contributed by atoms with Gasteiger partial charge in [-0.1, -0.05) is 6.08 Å². The molecule has 0 amide bonds. The van der Waals surface area contributed by atoms with E-state index < -0.39 is 9.84 Å². The molecule has 0 aromatic carbocycles. The number of nitrogens with zero attached hydrogens (tertiary/aromatic N) is 2. The number of halogens is 1. The van der Waals surface area contributed by atoms with Crippen molar-refractivity contribution in [3.8, 4) is 0 Å². The predicted molar refractivity (Wildman–Crippen MR) is 74.6 cm³/mol. The number of hydrogen-bond acceptors (Lipinski definition) is 5. The number of nitrogens with one attached hydrogen (secondary N) is 1. The highest BCUT2D eigenvalue weighted by Crippen LogP contribution is 2.15. The molecule has 100 valence electrons. The molecule has 8 heteroatoms. The molecule has 1 aromatic rings. The second-order valence-corrected chi connectivity index (χ2v) is 6.76. The van der Waals surface area contributed by atoms with Crippen molar-refractivity contribution in [2.45, 2.75) is 6.54 Å². The Kier molecular flexibility index (Phi) is 5.09. The summed E-state index contributed by atoms with van der Waals surface area (Å²) in [5, 5.41) is 6.79. The van der Waals surface area contributed by atoms with E-state index in [1.54, 1.807) is 6.08 Å². The molecule has 1 rings (SSSR count). The van der Waals surface area contributed by atoms with Gasteiger partial charge in [0.2, 0.25) is 0 Å². The highest BCUT2D eigenvalue weighted by atomic mass is 79.9. The van der Waals surface area contributed by atoms with Gasteiger partial charge in [-0.2, -0.15) is 5.10 Å². The molecule has 0 radical (unpaired) electrons. The molecular weight excluding hydrogens is 322 g/mol. The first-order valence-electron chi connectivity index (χ1n) is 5.13. The second kappa shape index (κ2) is 6.14. The van der Waals surface area contributed by atoms with E-state index in [-0.39, 0.29) is 17.9 Å². The number of anilines is 1. The normalized spacial score (nSPS) is 11.2. The van der Waals surface area contributed by atoms with Crippen molar-refractivity contribution in [3.05, 3.63) is 33.7 Å². The minimum Gasteiger partial charge on any atom is -0.382 e. The van der Waals surface area contributed by atoms with Crippen molar-refractivity contribution in [3.63, 3.8) is 0 Å². The van der Waals surface area contributed by atoms with Crippen molar-refractivity contribution >= 4 is 31.5 Å². The molecule has 1 heterocycles. The van der Waals surface area contributed by atoms with Crippen LogP contribution in [0.15, 0.2) is 28.1 Å². The lowest BCUT2D eigenvalue weighted by Crippen LogP contribution is -2.24. The van der Waals surface area contributed by atoms with Gasteiger partial charge in [-0.05, 0) is 15.9 Å². The van der Waals surface area contributed by atoms with Crippen LogP contribution in [0.5, 0.6) is 0 Å². The Bertz CT molecular complexity index is 595. The van der Waals surface area contributed by atoms with E-state index >= 15 is 0 Å². The van der Waals surface area contributed by atoms with Gasteiger partial charge in [0.05, 0.1) is 24.2 Å². The summed E-state index contributed by atoms with van der Waals surface area (Å²) in [5.41, 5.74) is 0.184. The summed E-state index contributed by atoms with van der Waals surface area (Å²) >= 11 is 3.16. The van der Waals surface area contributed by atoms with Crippen LogP contribution in [-0.4, -0.2) is 36.8 Å². The average Bonchev–Trinajstić information content (AvgIpc) is 2.27. The molecule has 0 saturated carbocycles. The highest BCUT2D eigenvalue weighted by Gasteiger charge is 2.08. The molecule has 18 heavy (non-hydrogen) atoms. The summed E-state index contributed by atoms with van der Waals surface area (Å²) in [5.74, 6) is -0.00478. The Morgan fingerprint density at radius 1 is 1.61 bits per heavy atom. The molecule has 1 aromatic heterocycles. The van der Waals surface area contributed by atoms with Crippen LogP contribution in [0.25, 0.3) is 0 Å². The van der Waals surface area contributed by atoms with Gasteiger partial charge >= 0.3 is 0 Å². The van der Waals surface area contributed by atoms with Crippen LogP contribution < -0.4 is 10.9 Å². The lowest BCUT2D eigenvalue weighted by molar-refractivity contribution is 0.602. The summed E-state index contributed by atoms with van der Waals surface area (Å²) < 4.78 is 23.5. The van der Waals surface area contributed by atoms with Crippen LogP contribution in [0.3, 0.4) is 0 Å². The largest absolute Gasteiger partial charge is 0.382 e. The van der Waals surface area contributed by atoms with E-state index in [1.165, 1.54) is 10.9 Å². The zero-order valence-corrected chi connectivity index (χ0v) is 12.3. The third-order valence-electron chi connectivity index (χ3n) is 2.08. The van der Waals surface area contributed by atoms with Gasteiger partial charge in [0, 0.05) is 12.8 Å². The van der Waals surface area contributed by atoms with Gasteiger partial charge in [0.25, 0.3) is 5.56 Å². The molecule has 0 atom stereocenters. The summed E-state index contributed by atoms with van der Waals surface area (Å²) in [6.45, 7) is 4.08. The molecule has 0 aliphatic carbocycles. The fraction of sp³-hybridized carbons (Fsp3) is 0.400. The number of rotatable bonds is 6. The fourth-order valence-corrected chi connectivity index (χ4v) is 2.13. The zero-order chi connectivity index (χ0) is 13.8. The smallest absolute Gasteiger partial charge is 0.283 e. The molecule has 0 saturated heterocycles. The summed E-state index contributed by atoms with van der Waals surface area (Å²) in [4.78, 5) is 11.8. The van der Waals surface area contributed by atoms with Crippen LogP contribution >= 0.6 is 15.9 Å². The highest BCUT2D eigenvalue weighted by molar-refractivity contribution is 9.10. The topological polar surface area (TPSA) is 81.1 Å². The standard InChI is InChI=1S/C10H14BrN3O3S/c1-3-5-14-10(15)9(11)8(7-13-14)12-4-6-18(2,16)17/h3,7,12H,1,4-6H2,2H3. The molecule has 0 fully saturated rings. The van der Waals surface area contributed by atoms with E-state index in [2.05, 4.69) is 32.9 Å². The van der Waals surface area contributed by atoms with Crippen molar-refractivity contribution in [1.82, 2.24) is 9.78 Å². The van der Waals surface area contributed by atoms with E-state index in [9.17, 15) is 13.2 Å². The monoisotopic (exact) mass is 335 g/mol. The summed E-state index contributed by atoms with van der Waals surface area (Å²) in [6.07, 6.45) is 4.19. The van der Waals surface area contributed by atoms with Crippen molar-refractivity contribution in [2.75, 3.05) is 23.9 Å². The molecule has 6 nitrogen and oxygen atoms in total. The SMILES string of the molecule is C=CCn1ncc(NCCS(C)(=O)=O)c(Br)c1=O. The maximum absolute atomic E-state index is 11.8. The number of aromatic nitrogens is 2. The number of sulfone groups is 1. The Morgan fingerprint density at radius 3 is 2.83 bits per heavy atom.